The lowest BCUT2D eigenvalue weighted by atomic mass is 10.4. The van der Waals surface area contributed by atoms with Gasteiger partial charge in [0, 0.05) is 33.2 Å². The van der Waals surface area contributed by atoms with Crippen molar-refractivity contribution in [2.24, 2.45) is 0 Å². The van der Waals surface area contributed by atoms with Gasteiger partial charge in [0.25, 0.3) is 0 Å². The van der Waals surface area contributed by atoms with E-state index in [1.54, 1.807) is 0 Å². The SMILES string of the molecule is CCCN(C)c1nc(NCC)nc(N2CCCC2)n1. The van der Waals surface area contributed by atoms with E-state index < -0.39 is 0 Å². The van der Waals surface area contributed by atoms with Crippen molar-refractivity contribution in [3.05, 3.63) is 0 Å². The Morgan fingerprint density at radius 3 is 2.53 bits per heavy atom. The van der Waals surface area contributed by atoms with Crippen molar-refractivity contribution in [3.63, 3.8) is 0 Å². The first-order valence-corrected chi connectivity index (χ1v) is 7.20. The first-order chi connectivity index (χ1) is 9.24. The summed E-state index contributed by atoms with van der Waals surface area (Å²) in [6.45, 7) is 8.08. The Kier molecular flexibility index (Phi) is 4.76. The van der Waals surface area contributed by atoms with E-state index in [4.69, 9.17) is 0 Å². The molecular formula is C13H24N6. The van der Waals surface area contributed by atoms with Crippen LogP contribution in [0.2, 0.25) is 0 Å². The molecule has 1 fully saturated rings. The highest BCUT2D eigenvalue weighted by Gasteiger charge is 2.18. The maximum absolute atomic E-state index is 4.61. The van der Waals surface area contributed by atoms with Crippen molar-refractivity contribution < 1.29 is 0 Å². The Hall–Kier alpha value is -1.59. The molecule has 0 bridgehead atoms. The molecule has 2 heterocycles. The van der Waals surface area contributed by atoms with E-state index in [1.165, 1.54) is 12.8 Å². The van der Waals surface area contributed by atoms with Crippen LogP contribution in [0.5, 0.6) is 0 Å². The van der Waals surface area contributed by atoms with Gasteiger partial charge in [0.2, 0.25) is 17.8 Å². The first kappa shape index (κ1) is 13.8. The largest absolute Gasteiger partial charge is 0.354 e. The number of anilines is 3. The van der Waals surface area contributed by atoms with E-state index >= 15 is 0 Å². The molecule has 1 saturated heterocycles. The van der Waals surface area contributed by atoms with Gasteiger partial charge in [-0.1, -0.05) is 6.92 Å². The molecule has 0 aliphatic carbocycles. The minimum absolute atomic E-state index is 0.678. The van der Waals surface area contributed by atoms with Crippen LogP contribution in [-0.2, 0) is 0 Å². The van der Waals surface area contributed by atoms with Gasteiger partial charge in [-0.2, -0.15) is 15.0 Å². The van der Waals surface area contributed by atoms with Crippen LogP contribution in [0.3, 0.4) is 0 Å². The Balaban J connectivity index is 2.25. The molecule has 1 aromatic rings. The summed E-state index contributed by atoms with van der Waals surface area (Å²) >= 11 is 0. The molecule has 2 rings (SSSR count). The molecule has 0 unspecified atom stereocenters. The summed E-state index contributed by atoms with van der Waals surface area (Å²) in [5.74, 6) is 2.24. The van der Waals surface area contributed by atoms with Crippen LogP contribution in [0, 0.1) is 0 Å². The average Bonchev–Trinajstić information content (AvgIpc) is 2.93. The third-order valence-corrected chi connectivity index (χ3v) is 3.24. The lowest BCUT2D eigenvalue weighted by Crippen LogP contribution is -2.26. The molecular weight excluding hydrogens is 240 g/mol. The molecule has 0 aromatic carbocycles. The zero-order chi connectivity index (χ0) is 13.7. The lowest BCUT2D eigenvalue weighted by Gasteiger charge is -2.20. The smallest absolute Gasteiger partial charge is 0.231 e. The number of hydrogen-bond acceptors (Lipinski definition) is 6. The van der Waals surface area contributed by atoms with Crippen LogP contribution in [-0.4, -0.2) is 48.2 Å². The summed E-state index contributed by atoms with van der Waals surface area (Å²) in [4.78, 5) is 17.9. The van der Waals surface area contributed by atoms with Gasteiger partial charge in [0.05, 0.1) is 0 Å². The molecule has 6 nitrogen and oxygen atoms in total. The molecule has 0 saturated carbocycles. The summed E-state index contributed by atoms with van der Waals surface area (Å²) in [7, 11) is 2.03. The van der Waals surface area contributed by atoms with Crippen molar-refractivity contribution in [1.82, 2.24) is 15.0 Å². The minimum atomic E-state index is 0.678. The lowest BCUT2D eigenvalue weighted by molar-refractivity contribution is 0.798. The Labute approximate surface area is 115 Å². The van der Waals surface area contributed by atoms with E-state index in [2.05, 4.69) is 43.9 Å². The Bertz CT molecular complexity index is 402. The van der Waals surface area contributed by atoms with E-state index in [1.807, 2.05) is 7.05 Å². The zero-order valence-corrected chi connectivity index (χ0v) is 12.2. The van der Waals surface area contributed by atoms with E-state index in [-0.39, 0.29) is 0 Å². The highest BCUT2D eigenvalue weighted by Crippen LogP contribution is 2.19. The monoisotopic (exact) mass is 264 g/mol. The standard InChI is InChI=1S/C13H24N6/c1-4-8-18(3)12-15-11(14-5-2)16-13(17-12)19-9-6-7-10-19/h4-10H2,1-3H3,(H,14,15,16,17). The number of hydrogen-bond donors (Lipinski definition) is 1. The topological polar surface area (TPSA) is 57.2 Å². The number of nitrogens with zero attached hydrogens (tertiary/aromatic N) is 5. The molecule has 0 atom stereocenters. The number of nitrogens with one attached hydrogen (secondary N) is 1. The summed E-state index contributed by atoms with van der Waals surface area (Å²) in [6.07, 6.45) is 3.53. The van der Waals surface area contributed by atoms with Crippen LogP contribution in [0.1, 0.15) is 33.1 Å². The minimum Gasteiger partial charge on any atom is -0.354 e. The fourth-order valence-corrected chi connectivity index (χ4v) is 2.26. The summed E-state index contributed by atoms with van der Waals surface area (Å²) in [6, 6.07) is 0. The maximum atomic E-state index is 4.61. The highest BCUT2D eigenvalue weighted by atomic mass is 15.4. The molecule has 1 N–H and O–H groups in total. The molecule has 0 spiro atoms. The second kappa shape index (κ2) is 6.54. The zero-order valence-electron chi connectivity index (χ0n) is 12.2. The predicted molar refractivity (Wildman–Crippen MR) is 79.0 cm³/mol. The third-order valence-electron chi connectivity index (χ3n) is 3.24. The normalized spacial score (nSPS) is 14.8. The molecule has 1 aliphatic heterocycles. The van der Waals surface area contributed by atoms with Crippen LogP contribution >= 0.6 is 0 Å². The van der Waals surface area contributed by atoms with Crippen molar-refractivity contribution >= 4 is 17.8 Å². The molecule has 0 amide bonds. The molecule has 19 heavy (non-hydrogen) atoms. The quantitative estimate of drug-likeness (QED) is 0.845. The van der Waals surface area contributed by atoms with Gasteiger partial charge >= 0.3 is 0 Å². The molecule has 106 valence electrons. The summed E-state index contributed by atoms with van der Waals surface area (Å²) < 4.78 is 0. The average molecular weight is 264 g/mol. The van der Waals surface area contributed by atoms with Crippen LogP contribution in [0.25, 0.3) is 0 Å². The van der Waals surface area contributed by atoms with Gasteiger partial charge in [-0.15, -0.1) is 0 Å². The molecule has 1 aliphatic rings. The van der Waals surface area contributed by atoms with Gasteiger partial charge in [-0.25, -0.2) is 0 Å². The highest BCUT2D eigenvalue weighted by molar-refractivity contribution is 5.45. The van der Waals surface area contributed by atoms with Crippen molar-refractivity contribution in [1.29, 1.82) is 0 Å². The third kappa shape index (κ3) is 3.45. The van der Waals surface area contributed by atoms with Gasteiger partial charge in [0.1, 0.15) is 0 Å². The van der Waals surface area contributed by atoms with Gasteiger partial charge < -0.3 is 15.1 Å². The Morgan fingerprint density at radius 2 is 1.89 bits per heavy atom. The van der Waals surface area contributed by atoms with Crippen LogP contribution in [0.4, 0.5) is 17.8 Å². The molecule has 1 aromatic heterocycles. The van der Waals surface area contributed by atoms with Crippen LogP contribution < -0.4 is 15.1 Å². The molecule has 0 radical (unpaired) electrons. The van der Waals surface area contributed by atoms with Gasteiger partial charge in [0.15, 0.2) is 0 Å². The van der Waals surface area contributed by atoms with Crippen molar-refractivity contribution in [2.45, 2.75) is 33.1 Å². The van der Waals surface area contributed by atoms with Crippen molar-refractivity contribution in [3.8, 4) is 0 Å². The second-order valence-corrected chi connectivity index (χ2v) is 4.91. The molecule has 6 heteroatoms. The first-order valence-electron chi connectivity index (χ1n) is 7.20. The van der Waals surface area contributed by atoms with Crippen molar-refractivity contribution in [2.75, 3.05) is 48.3 Å². The van der Waals surface area contributed by atoms with Gasteiger partial charge in [-0.05, 0) is 26.2 Å². The Morgan fingerprint density at radius 1 is 1.16 bits per heavy atom. The summed E-state index contributed by atoms with van der Waals surface area (Å²) in [5.41, 5.74) is 0. The number of rotatable bonds is 6. The van der Waals surface area contributed by atoms with Gasteiger partial charge in [-0.3, -0.25) is 0 Å². The van der Waals surface area contributed by atoms with E-state index in [0.717, 1.165) is 44.5 Å². The van der Waals surface area contributed by atoms with Crippen LogP contribution in [0.15, 0.2) is 0 Å². The second-order valence-electron chi connectivity index (χ2n) is 4.91. The fourth-order valence-electron chi connectivity index (χ4n) is 2.26. The summed E-state index contributed by atoms with van der Waals surface area (Å²) in [5, 5.41) is 3.19. The fraction of sp³-hybridized carbons (Fsp3) is 0.769. The predicted octanol–water partition coefficient (Wildman–Crippen LogP) is 1.75. The maximum Gasteiger partial charge on any atom is 0.231 e. The number of aromatic nitrogens is 3. The van der Waals surface area contributed by atoms with E-state index in [9.17, 15) is 0 Å². The van der Waals surface area contributed by atoms with E-state index in [0.29, 0.717) is 5.95 Å².